The monoisotopic (exact) mass is 434 g/mol. The topological polar surface area (TPSA) is 59.8 Å². The van der Waals surface area contributed by atoms with Crippen LogP contribution in [0.5, 0.6) is 0 Å². The van der Waals surface area contributed by atoms with E-state index in [1.54, 1.807) is 30.0 Å². The molecule has 0 fully saturated rings. The van der Waals surface area contributed by atoms with E-state index in [-0.39, 0.29) is 11.9 Å². The smallest absolute Gasteiger partial charge is 0.253 e. The van der Waals surface area contributed by atoms with Gasteiger partial charge in [-0.25, -0.2) is 0 Å². The van der Waals surface area contributed by atoms with Gasteiger partial charge in [0, 0.05) is 17.8 Å². The van der Waals surface area contributed by atoms with Crippen molar-refractivity contribution in [1.82, 2.24) is 20.1 Å². The van der Waals surface area contributed by atoms with Crippen molar-refractivity contribution in [1.29, 1.82) is 0 Å². The lowest BCUT2D eigenvalue weighted by Gasteiger charge is -2.14. The van der Waals surface area contributed by atoms with Crippen LogP contribution in [0.25, 0.3) is 0 Å². The highest BCUT2D eigenvalue weighted by Gasteiger charge is 2.19. The maximum Gasteiger partial charge on any atom is 0.253 e. The maximum atomic E-state index is 12.5. The number of benzene rings is 2. The van der Waals surface area contributed by atoms with Crippen LogP contribution < -0.4 is 5.32 Å². The Morgan fingerprint density at radius 2 is 1.89 bits per heavy atom. The van der Waals surface area contributed by atoms with Crippen LogP contribution in [-0.2, 0) is 12.8 Å². The Morgan fingerprint density at radius 3 is 2.57 bits per heavy atom. The molecule has 28 heavy (non-hydrogen) atoms. The lowest BCUT2D eigenvalue weighted by atomic mass is 10.2. The Balaban J connectivity index is 1.66. The third-order valence-corrected chi connectivity index (χ3v) is 5.91. The zero-order chi connectivity index (χ0) is 20.3. The number of hydrogen-bond donors (Lipinski definition) is 1. The number of halogens is 2. The Labute approximate surface area is 178 Å². The molecule has 0 saturated carbocycles. The minimum atomic E-state index is -0.328. The second kappa shape index (κ2) is 8.99. The number of nitrogens with one attached hydrogen (secondary N) is 1. The van der Waals surface area contributed by atoms with Crippen LogP contribution in [0.15, 0.2) is 47.6 Å². The molecular formula is C20H20Cl2N4OS. The molecule has 0 bridgehead atoms. The fourth-order valence-electron chi connectivity index (χ4n) is 2.67. The van der Waals surface area contributed by atoms with Gasteiger partial charge >= 0.3 is 0 Å². The molecule has 0 aliphatic heterocycles. The average molecular weight is 435 g/mol. The molecule has 3 aromatic rings. The van der Waals surface area contributed by atoms with Crippen LogP contribution in [-0.4, -0.2) is 20.7 Å². The van der Waals surface area contributed by atoms with E-state index >= 15 is 0 Å². The lowest BCUT2D eigenvalue weighted by Crippen LogP contribution is -2.28. The summed E-state index contributed by atoms with van der Waals surface area (Å²) in [5, 5.41) is 13.0. The number of rotatable bonds is 6. The number of nitrogens with zero attached hydrogens (tertiary/aromatic N) is 3. The number of hydrogen-bond acceptors (Lipinski definition) is 4. The molecule has 0 aliphatic rings. The zero-order valence-electron chi connectivity index (χ0n) is 15.7. The Kier molecular flexibility index (Phi) is 6.65. The highest BCUT2D eigenvalue weighted by atomic mass is 35.5. The van der Waals surface area contributed by atoms with Crippen LogP contribution in [0.2, 0.25) is 10.0 Å². The molecule has 0 unspecified atom stereocenters. The van der Waals surface area contributed by atoms with Crippen molar-refractivity contribution in [3.05, 3.63) is 75.0 Å². The highest BCUT2D eigenvalue weighted by molar-refractivity contribution is 7.98. The van der Waals surface area contributed by atoms with Gasteiger partial charge in [0.05, 0.1) is 16.6 Å². The maximum absolute atomic E-state index is 12.5. The van der Waals surface area contributed by atoms with E-state index in [1.807, 2.05) is 18.5 Å². The minimum Gasteiger partial charge on any atom is -0.342 e. The molecule has 146 valence electrons. The molecular weight excluding hydrogens is 415 g/mol. The zero-order valence-corrected chi connectivity index (χ0v) is 18.1. The van der Waals surface area contributed by atoms with Crippen LogP contribution >= 0.6 is 35.0 Å². The number of aromatic nitrogens is 3. The van der Waals surface area contributed by atoms with Gasteiger partial charge in [0.2, 0.25) is 0 Å². The molecule has 1 N–H and O–H groups in total. The van der Waals surface area contributed by atoms with Crippen molar-refractivity contribution in [2.75, 3.05) is 0 Å². The summed E-state index contributed by atoms with van der Waals surface area (Å²) in [4.78, 5) is 12.5. The van der Waals surface area contributed by atoms with Crippen molar-refractivity contribution in [3.63, 3.8) is 0 Å². The van der Waals surface area contributed by atoms with Crippen molar-refractivity contribution >= 4 is 40.9 Å². The van der Waals surface area contributed by atoms with Crippen LogP contribution in [0.3, 0.4) is 0 Å². The van der Waals surface area contributed by atoms with Gasteiger partial charge < -0.3 is 9.88 Å². The van der Waals surface area contributed by atoms with E-state index in [0.717, 1.165) is 10.9 Å². The van der Waals surface area contributed by atoms with Gasteiger partial charge in [0.25, 0.3) is 5.91 Å². The van der Waals surface area contributed by atoms with Gasteiger partial charge in [-0.15, -0.1) is 10.2 Å². The Hall–Kier alpha value is -2.02. The molecule has 0 aliphatic carbocycles. The van der Waals surface area contributed by atoms with Crippen LogP contribution in [0.1, 0.15) is 40.3 Å². The van der Waals surface area contributed by atoms with Crippen molar-refractivity contribution in [2.45, 2.75) is 30.8 Å². The van der Waals surface area contributed by atoms with Crippen LogP contribution in [0.4, 0.5) is 0 Å². The number of aryl methyl sites for hydroxylation is 1. The van der Waals surface area contributed by atoms with Crippen molar-refractivity contribution in [3.8, 4) is 0 Å². The van der Waals surface area contributed by atoms with Gasteiger partial charge in [0.15, 0.2) is 11.0 Å². The predicted octanol–water partition coefficient (Wildman–Crippen LogP) is 5.21. The first kappa shape index (κ1) is 20.7. The van der Waals surface area contributed by atoms with E-state index in [4.69, 9.17) is 23.2 Å². The number of thioether (sulfide) groups is 1. The third kappa shape index (κ3) is 4.87. The fraction of sp³-hybridized carbons (Fsp3) is 0.250. The van der Waals surface area contributed by atoms with E-state index in [2.05, 4.69) is 46.7 Å². The summed E-state index contributed by atoms with van der Waals surface area (Å²) in [6, 6.07) is 12.9. The largest absolute Gasteiger partial charge is 0.342 e. The molecule has 0 saturated heterocycles. The molecule has 0 radical (unpaired) electrons. The molecule has 1 amide bonds. The van der Waals surface area contributed by atoms with Crippen LogP contribution in [0, 0.1) is 6.92 Å². The van der Waals surface area contributed by atoms with Gasteiger partial charge in [-0.1, -0.05) is 64.8 Å². The van der Waals surface area contributed by atoms with E-state index in [1.165, 1.54) is 11.1 Å². The summed E-state index contributed by atoms with van der Waals surface area (Å²) in [5.74, 6) is 1.18. The molecule has 1 aromatic heterocycles. The first-order valence-corrected chi connectivity index (χ1v) is 10.4. The van der Waals surface area contributed by atoms with Gasteiger partial charge in [0.1, 0.15) is 0 Å². The van der Waals surface area contributed by atoms with Gasteiger partial charge in [-0.3, -0.25) is 4.79 Å². The summed E-state index contributed by atoms with van der Waals surface area (Å²) in [6.07, 6.45) is 0. The minimum absolute atomic E-state index is 0.286. The molecule has 0 spiro atoms. The quantitative estimate of drug-likeness (QED) is 0.540. The summed E-state index contributed by atoms with van der Waals surface area (Å²) in [6.45, 7) is 3.93. The van der Waals surface area contributed by atoms with E-state index in [0.29, 0.717) is 21.4 Å². The normalized spacial score (nSPS) is 12.0. The average Bonchev–Trinajstić information content (AvgIpc) is 3.01. The Bertz CT molecular complexity index is 988. The number of carbonyl (C=O) groups excluding carboxylic acids is 1. The van der Waals surface area contributed by atoms with E-state index < -0.39 is 0 Å². The molecule has 8 heteroatoms. The molecule has 1 heterocycles. The first-order chi connectivity index (χ1) is 13.3. The number of carbonyl (C=O) groups is 1. The van der Waals surface area contributed by atoms with Gasteiger partial charge in [-0.2, -0.15) is 0 Å². The summed E-state index contributed by atoms with van der Waals surface area (Å²) in [7, 11) is 1.89. The molecule has 5 nitrogen and oxygen atoms in total. The molecule has 2 aromatic carbocycles. The Morgan fingerprint density at radius 1 is 1.18 bits per heavy atom. The molecule has 1 atom stereocenters. The summed E-state index contributed by atoms with van der Waals surface area (Å²) >= 11 is 13.6. The number of amides is 1. The predicted molar refractivity (Wildman–Crippen MR) is 114 cm³/mol. The summed E-state index contributed by atoms with van der Waals surface area (Å²) < 4.78 is 1.90. The summed E-state index contributed by atoms with van der Waals surface area (Å²) in [5.41, 5.74) is 2.83. The van der Waals surface area contributed by atoms with Gasteiger partial charge in [-0.05, 0) is 37.6 Å². The van der Waals surface area contributed by atoms with Crippen molar-refractivity contribution < 1.29 is 4.79 Å². The SMILES string of the molecule is Cc1ccc(CSc2nnc([C@H](C)NC(=O)c3ccc(Cl)cc3Cl)n2C)cc1. The third-order valence-electron chi connectivity index (χ3n) is 4.27. The second-order valence-corrected chi connectivity index (χ2v) is 8.28. The van der Waals surface area contributed by atoms with E-state index in [9.17, 15) is 4.79 Å². The highest BCUT2D eigenvalue weighted by Crippen LogP contribution is 2.24. The fourth-order valence-corrected chi connectivity index (χ4v) is 4.04. The second-order valence-electron chi connectivity index (χ2n) is 6.49. The van der Waals surface area contributed by atoms with Crippen molar-refractivity contribution in [2.24, 2.45) is 7.05 Å². The first-order valence-electron chi connectivity index (χ1n) is 8.68. The molecule has 3 rings (SSSR count). The lowest BCUT2D eigenvalue weighted by molar-refractivity contribution is 0.0938. The standard InChI is InChI=1S/C20H20Cl2N4OS/c1-12-4-6-14(7-5-12)11-28-20-25-24-18(26(20)3)13(2)23-19(27)16-9-8-15(21)10-17(16)22/h4-10,13H,11H2,1-3H3,(H,23,27)/t13-/m0/s1.